The van der Waals surface area contributed by atoms with Crippen LogP contribution < -0.4 is 5.73 Å². The molecule has 0 saturated heterocycles. The van der Waals surface area contributed by atoms with Gasteiger partial charge in [-0.15, -0.1) is 12.4 Å². The van der Waals surface area contributed by atoms with Gasteiger partial charge in [-0.05, 0) is 12.8 Å². The lowest BCUT2D eigenvalue weighted by Gasteiger charge is -2.21. The van der Waals surface area contributed by atoms with Crippen LogP contribution in [-0.4, -0.2) is 18.6 Å². The molecule has 1 fully saturated rings. The van der Waals surface area contributed by atoms with Crippen LogP contribution in [0.2, 0.25) is 0 Å². The lowest BCUT2D eigenvalue weighted by atomic mass is 9.95. The van der Waals surface area contributed by atoms with Gasteiger partial charge in [0, 0.05) is 5.54 Å². The molecule has 0 radical (unpaired) electrons. The predicted molar refractivity (Wildman–Crippen MR) is 49.3 cm³/mol. The summed E-state index contributed by atoms with van der Waals surface area (Å²) in [7, 11) is 1.40. The van der Waals surface area contributed by atoms with Crippen molar-refractivity contribution in [1.29, 1.82) is 0 Å². The second kappa shape index (κ2) is 4.67. The summed E-state index contributed by atoms with van der Waals surface area (Å²) in [6.45, 7) is 0. The Labute approximate surface area is 79.1 Å². The fraction of sp³-hybridized carbons (Fsp3) is 0.875. The molecular formula is C8H16ClNO2. The lowest BCUT2D eigenvalue weighted by Crippen LogP contribution is -2.38. The van der Waals surface area contributed by atoms with Gasteiger partial charge >= 0.3 is 5.97 Å². The summed E-state index contributed by atoms with van der Waals surface area (Å²) in [6.07, 6.45) is 4.59. The zero-order valence-electron chi connectivity index (χ0n) is 7.34. The SMILES string of the molecule is COC(=O)CC1(N)CCCC1.Cl. The molecule has 0 heterocycles. The Kier molecular flexibility index (Phi) is 4.57. The summed E-state index contributed by atoms with van der Waals surface area (Å²) in [5, 5.41) is 0. The van der Waals surface area contributed by atoms with E-state index >= 15 is 0 Å². The Hall–Kier alpha value is -0.280. The molecule has 0 aromatic heterocycles. The van der Waals surface area contributed by atoms with Gasteiger partial charge in [0.1, 0.15) is 0 Å². The molecule has 0 aromatic carbocycles. The van der Waals surface area contributed by atoms with Crippen molar-refractivity contribution in [3.63, 3.8) is 0 Å². The Morgan fingerprint density at radius 2 is 2.00 bits per heavy atom. The summed E-state index contributed by atoms with van der Waals surface area (Å²) in [6, 6.07) is 0. The quantitative estimate of drug-likeness (QED) is 0.672. The molecule has 1 rings (SSSR count). The summed E-state index contributed by atoms with van der Waals surface area (Å²) >= 11 is 0. The molecule has 0 spiro atoms. The number of halogens is 1. The van der Waals surface area contributed by atoms with Gasteiger partial charge in [0.15, 0.2) is 0 Å². The van der Waals surface area contributed by atoms with Crippen LogP contribution in [0.4, 0.5) is 0 Å². The van der Waals surface area contributed by atoms with Crippen molar-refractivity contribution in [2.24, 2.45) is 5.73 Å². The van der Waals surface area contributed by atoms with E-state index < -0.39 is 0 Å². The molecule has 1 aliphatic carbocycles. The van der Waals surface area contributed by atoms with Crippen molar-refractivity contribution in [3.05, 3.63) is 0 Å². The summed E-state index contributed by atoms with van der Waals surface area (Å²) in [4.78, 5) is 10.9. The number of esters is 1. The normalized spacial score (nSPS) is 19.8. The van der Waals surface area contributed by atoms with Crippen LogP contribution in [0.5, 0.6) is 0 Å². The van der Waals surface area contributed by atoms with Crippen LogP contribution in [0, 0.1) is 0 Å². The molecule has 3 nitrogen and oxygen atoms in total. The molecule has 0 atom stereocenters. The topological polar surface area (TPSA) is 52.3 Å². The lowest BCUT2D eigenvalue weighted by molar-refractivity contribution is -0.141. The number of rotatable bonds is 2. The largest absolute Gasteiger partial charge is 0.469 e. The van der Waals surface area contributed by atoms with Crippen LogP contribution in [0.15, 0.2) is 0 Å². The highest BCUT2D eigenvalue weighted by atomic mass is 35.5. The first-order valence-electron chi connectivity index (χ1n) is 4.02. The van der Waals surface area contributed by atoms with E-state index in [-0.39, 0.29) is 23.9 Å². The van der Waals surface area contributed by atoms with Crippen molar-refractivity contribution < 1.29 is 9.53 Å². The van der Waals surface area contributed by atoms with Gasteiger partial charge in [0.25, 0.3) is 0 Å². The van der Waals surface area contributed by atoms with Crippen LogP contribution in [0.3, 0.4) is 0 Å². The minimum atomic E-state index is -0.257. The van der Waals surface area contributed by atoms with Gasteiger partial charge in [-0.25, -0.2) is 0 Å². The molecule has 1 saturated carbocycles. The second-order valence-electron chi connectivity index (χ2n) is 3.32. The van der Waals surface area contributed by atoms with Gasteiger partial charge in [-0.2, -0.15) is 0 Å². The van der Waals surface area contributed by atoms with Crippen molar-refractivity contribution in [1.82, 2.24) is 0 Å². The van der Waals surface area contributed by atoms with E-state index in [1.807, 2.05) is 0 Å². The van der Waals surface area contributed by atoms with E-state index in [1.165, 1.54) is 7.11 Å². The third-order valence-electron chi connectivity index (χ3n) is 2.32. The third-order valence-corrected chi connectivity index (χ3v) is 2.32. The minimum Gasteiger partial charge on any atom is -0.469 e. The first-order valence-corrected chi connectivity index (χ1v) is 4.02. The fourth-order valence-electron chi connectivity index (χ4n) is 1.62. The smallest absolute Gasteiger partial charge is 0.307 e. The standard InChI is InChI=1S/C8H15NO2.ClH/c1-11-7(10)6-8(9)4-2-3-5-8;/h2-6,9H2,1H3;1H. The number of ether oxygens (including phenoxy) is 1. The van der Waals surface area contributed by atoms with Crippen LogP contribution in [0.25, 0.3) is 0 Å². The number of hydrogen-bond acceptors (Lipinski definition) is 3. The molecule has 0 aromatic rings. The molecule has 0 aliphatic heterocycles. The van der Waals surface area contributed by atoms with E-state index in [0.29, 0.717) is 6.42 Å². The third kappa shape index (κ3) is 2.99. The molecule has 1 aliphatic rings. The molecular weight excluding hydrogens is 178 g/mol. The molecule has 2 N–H and O–H groups in total. The number of nitrogens with two attached hydrogens (primary N) is 1. The highest BCUT2D eigenvalue weighted by Crippen LogP contribution is 2.29. The summed E-state index contributed by atoms with van der Waals surface area (Å²) < 4.78 is 4.56. The van der Waals surface area contributed by atoms with E-state index in [1.54, 1.807) is 0 Å². The molecule has 12 heavy (non-hydrogen) atoms. The fourth-order valence-corrected chi connectivity index (χ4v) is 1.62. The average Bonchev–Trinajstić information content (AvgIpc) is 2.36. The Bertz CT molecular complexity index is 155. The number of carbonyl (C=O) groups is 1. The van der Waals surface area contributed by atoms with E-state index in [0.717, 1.165) is 25.7 Å². The zero-order valence-corrected chi connectivity index (χ0v) is 8.15. The van der Waals surface area contributed by atoms with Crippen molar-refractivity contribution in [3.8, 4) is 0 Å². The zero-order chi connectivity index (χ0) is 8.32. The second-order valence-corrected chi connectivity index (χ2v) is 3.32. The molecule has 0 amide bonds. The van der Waals surface area contributed by atoms with E-state index in [2.05, 4.69) is 4.74 Å². The average molecular weight is 194 g/mol. The van der Waals surface area contributed by atoms with E-state index in [4.69, 9.17) is 5.73 Å². The molecule has 0 bridgehead atoms. The first-order chi connectivity index (χ1) is 5.16. The molecule has 72 valence electrons. The number of hydrogen-bond donors (Lipinski definition) is 1. The van der Waals surface area contributed by atoms with Crippen molar-refractivity contribution in [2.75, 3.05) is 7.11 Å². The monoisotopic (exact) mass is 193 g/mol. The van der Waals surface area contributed by atoms with E-state index in [9.17, 15) is 4.79 Å². The molecule has 0 unspecified atom stereocenters. The Morgan fingerprint density at radius 3 is 2.42 bits per heavy atom. The van der Waals surface area contributed by atoms with Crippen LogP contribution in [0.1, 0.15) is 32.1 Å². The maximum atomic E-state index is 10.9. The minimum absolute atomic E-state index is 0. The summed E-state index contributed by atoms with van der Waals surface area (Å²) in [5.74, 6) is -0.186. The number of methoxy groups -OCH3 is 1. The number of carbonyl (C=O) groups excluding carboxylic acids is 1. The maximum absolute atomic E-state index is 10.9. The van der Waals surface area contributed by atoms with Crippen molar-refractivity contribution in [2.45, 2.75) is 37.6 Å². The maximum Gasteiger partial charge on any atom is 0.307 e. The van der Waals surface area contributed by atoms with Crippen LogP contribution in [-0.2, 0) is 9.53 Å². The Balaban J connectivity index is 0.00000121. The summed E-state index contributed by atoms with van der Waals surface area (Å²) in [5.41, 5.74) is 5.68. The van der Waals surface area contributed by atoms with Crippen molar-refractivity contribution >= 4 is 18.4 Å². The predicted octanol–water partition coefficient (Wildman–Crippen LogP) is 1.24. The first kappa shape index (κ1) is 11.7. The Morgan fingerprint density at radius 1 is 1.50 bits per heavy atom. The van der Waals surface area contributed by atoms with Gasteiger partial charge in [-0.3, -0.25) is 4.79 Å². The van der Waals surface area contributed by atoms with Gasteiger partial charge < -0.3 is 10.5 Å². The molecule has 4 heteroatoms. The highest BCUT2D eigenvalue weighted by Gasteiger charge is 2.31. The van der Waals surface area contributed by atoms with Crippen LogP contribution >= 0.6 is 12.4 Å². The van der Waals surface area contributed by atoms with Gasteiger partial charge in [0.05, 0.1) is 13.5 Å². The van der Waals surface area contributed by atoms with Gasteiger partial charge in [0.2, 0.25) is 0 Å². The van der Waals surface area contributed by atoms with Gasteiger partial charge in [-0.1, -0.05) is 12.8 Å². The highest BCUT2D eigenvalue weighted by molar-refractivity contribution is 5.85.